The highest BCUT2D eigenvalue weighted by molar-refractivity contribution is 7.60. The maximum atomic E-state index is 11.6. The monoisotopic (exact) mass is 301 g/mol. The number of hydrogen-bond acceptors (Lipinski definition) is 3. The van der Waals surface area contributed by atoms with Crippen molar-refractivity contribution in [3.8, 4) is 0 Å². The zero-order valence-electron chi connectivity index (χ0n) is 10.3. The second-order valence-corrected chi connectivity index (χ2v) is 6.72. The van der Waals surface area contributed by atoms with Crippen LogP contribution in [0.4, 0.5) is 0 Å². The third-order valence-corrected chi connectivity index (χ3v) is 4.66. The maximum absolute atomic E-state index is 11.6. The van der Waals surface area contributed by atoms with Crippen LogP contribution in [0.2, 0.25) is 5.02 Å². The van der Waals surface area contributed by atoms with Crippen LogP contribution in [0, 0.1) is 0 Å². The van der Waals surface area contributed by atoms with Crippen LogP contribution in [-0.4, -0.2) is 28.3 Å². The summed E-state index contributed by atoms with van der Waals surface area (Å²) in [7, 11) is -2.52. The predicted molar refractivity (Wildman–Crippen MR) is 72.9 cm³/mol. The summed E-state index contributed by atoms with van der Waals surface area (Å²) >= 11 is 6.20. The maximum Gasteiger partial charge on any atom is 0.391 e. The molecule has 2 heterocycles. The number of benzene rings is 1. The number of nitrogens with zero attached hydrogens (tertiary/aromatic N) is 1. The molecule has 3 rings (SSSR count). The minimum absolute atomic E-state index is 0.236. The fourth-order valence-electron chi connectivity index (χ4n) is 2.57. The van der Waals surface area contributed by atoms with Gasteiger partial charge in [-0.25, -0.2) is 0 Å². The van der Waals surface area contributed by atoms with Gasteiger partial charge in [-0.3, -0.25) is 4.57 Å². The van der Waals surface area contributed by atoms with Crippen molar-refractivity contribution in [3.05, 3.63) is 28.3 Å². The molecule has 0 spiro atoms. The molecule has 5 nitrogen and oxygen atoms in total. The molecule has 1 aromatic heterocycles. The summed E-state index contributed by atoms with van der Waals surface area (Å²) in [4.78, 5) is 20.9. The van der Waals surface area contributed by atoms with Gasteiger partial charge < -0.3 is 19.1 Å². The summed E-state index contributed by atoms with van der Waals surface area (Å²) in [5, 5.41) is 1.37. The predicted octanol–water partition coefficient (Wildman–Crippen LogP) is 1.88. The summed E-state index contributed by atoms with van der Waals surface area (Å²) < 4.78 is 17.0. The van der Waals surface area contributed by atoms with Crippen LogP contribution in [-0.2, 0) is 17.5 Å². The molecule has 2 aromatic rings. The summed E-state index contributed by atoms with van der Waals surface area (Å²) in [5.41, 5.74) is 1.71. The molecule has 1 aliphatic heterocycles. The number of likely N-dealkylation sites (N-methyl/N-ethyl adjacent to an activating group) is 1. The Balaban J connectivity index is 2.40. The lowest BCUT2D eigenvalue weighted by Gasteiger charge is -2.13. The van der Waals surface area contributed by atoms with E-state index in [-0.39, 0.29) is 5.50 Å². The van der Waals surface area contributed by atoms with Gasteiger partial charge in [0.1, 0.15) is 5.58 Å². The highest BCUT2D eigenvalue weighted by Gasteiger charge is 2.32. The first-order valence-corrected chi connectivity index (χ1v) is 7.84. The first kappa shape index (κ1) is 13.2. The number of rotatable bonds is 1. The highest BCUT2D eigenvalue weighted by Crippen LogP contribution is 2.41. The summed E-state index contributed by atoms with van der Waals surface area (Å²) in [6, 6.07) is 3.37. The van der Waals surface area contributed by atoms with Crippen molar-refractivity contribution in [2.24, 2.45) is 0 Å². The molecule has 19 heavy (non-hydrogen) atoms. The second-order valence-electron chi connectivity index (χ2n) is 4.82. The van der Waals surface area contributed by atoms with Crippen molar-refractivity contribution in [3.63, 3.8) is 0 Å². The number of furan rings is 1. The Kier molecular flexibility index (Phi) is 3.00. The third-order valence-electron chi connectivity index (χ3n) is 3.42. The van der Waals surface area contributed by atoms with E-state index in [1.54, 1.807) is 12.1 Å². The molecule has 0 aliphatic carbocycles. The topological polar surface area (TPSA) is 73.9 Å². The van der Waals surface area contributed by atoms with Gasteiger partial charge in [-0.1, -0.05) is 11.6 Å². The average molecular weight is 302 g/mol. The molecule has 1 aliphatic rings. The molecule has 0 saturated carbocycles. The molecule has 0 amide bonds. The van der Waals surface area contributed by atoms with Gasteiger partial charge in [-0.15, -0.1) is 0 Å². The van der Waals surface area contributed by atoms with Crippen molar-refractivity contribution < 1.29 is 18.8 Å². The van der Waals surface area contributed by atoms with Crippen LogP contribution in [0.1, 0.15) is 11.1 Å². The summed E-state index contributed by atoms with van der Waals surface area (Å²) in [6.07, 6.45) is 0.736. The van der Waals surface area contributed by atoms with E-state index in [2.05, 4.69) is 0 Å². The van der Waals surface area contributed by atoms with Crippen molar-refractivity contribution in [1.29, 1.82) is 0 Å². The van der Waals surface area contributed by atoms with Crippen LogP contribution in [0.25, 0.3) is 11.0 Å². The molecule has 102 valence electrons. The smallest absolute Gasteiger partial charge is 0.391 e. The minimum Gasteiger partial charge on any atom is -0.448 e. The normalized spacial score (nSPS) is 16.8. The van der Waals surface area contributed by atoms with Gasteiger partial charge in [0.05, 0.1) is 0 Å². The molecule has 0 unspecified atom stereocenters. The first-order valence-electron chi connectivity index (χ1n) is 5.85. The molecule has 0 atom stereocenters. The number of halogens is 1. The second kappa shape index (κ2) is 4.33. The molecular weight excluding hydrogens is 289 g/mol. The lowest BCUT2D eigenvalue weighted by Crippen LogP contribution is -2.21. The van der Waals surface area contributed by atoms with Crippen molar-refractivity contribution >= 4 is 35.7 Å². The first-order chi connectivity index (χ1) is 8.88. The van der Waals surface area contributed by atoms with E-state index < -0.39 is 7.60 Å². The van der Waals surface area contributed by atoms with Gasteiger partial charge in [0.2, 0.25) is 5.50 Å². The van der Waals surface area contributed by atoms with Crippen LogP contribution >= 0.6 is 19.2 Å². The van der Waals surface area contributed by atoms with Crippen LogP contribution in [0.15, 0.2) is 16.5 Å². The molecule has 1 aromatic carbocycles. The van der Waals surface area contributed by atoms with Gasteiger partial charge in [0, 0.05) is 29.1 Å². The van der Waals surface area contributed by atoms with E-state index >= 15 is 0 Å². The van der Waals surface area contributed by atoms with Crippen LogP contribution < -0.4 is 5.50 Å². The Morgan fingerprint density at radius 3 is 2.79 bits per heavy atom. The fourth-order valence-corrected chi connectivity index (χ4v) is 3.57. The van der Waals surface area contributed by atoms with Crippen molar-refractivity contribution in [1.82, 2.24) is 4.90 Å². The molecule has 0 radical (unpaired) electrons. The van der Waals surface area contributed by atoms with E-state index in [4.69, 9.17) is 16.0 Å². The Labute approximate surface area is 114 Å². The number of hydrogen-bond donors (Lipinski definition) is 2. The van der Waals surface area contributed by atoms with E-state index in [1.807, 2.05) is 11.9 Å². The van der Waals surface area contributed by atoms with Gasteiger partial charge >= 0.3 is 7.60 Å². The lowest BCUT2D eigenvalue weighted by atomic mass is 10.1. The Morgan fingerprint density at radius 2 is 2.11 bits per heavy atom. The average Bonchev–Trinajstić information content (AvgIpc) is 2.57. The molecule has 0 fully saturated rings. The summed E-state index contributed by atoms with van der Waals surface area (Å²) in [5.74, 6) is 0. The van der Waals surface area contributed by atoms with Crippen LogP contribution in [0.3, 0.4) is 0 Å². The third kappa shape index (κ3) is 2.12. The van der Waals surface area contributed by atoms with Gasteiger partial charge in [-0.05, 0) is 31.2 Å². The van der Waals surface area contributed by atoms with Gasteiger partial charge in [0.15, 0.2) is 0 Å². The van der Waals surface area contributed by atoms with Crippen molar-refractivity contribution in [2.75, 3.05) is 13.6 Å². The summed E-state index contributed by atoms with van der Waals surface area (Å²) in [6.45, 7) is 1.23. The molecule has 7 heteroatoms. The largest absolute Gasteiger partial charge is 0.448 e. The van der Waals surface area contributed by atoms with Gasteiger partial charge in [0.25, 0.3) is 0 Å². The zero-order chi connectivity index (χ0) is 13.8. The fraction of sp³-hybridized carbons (Fsp3) is 0.333. The molecule has 0 bridgehead atoms. The van der Waals surface area contributed by atoms with Crippen LogP contribution in [0.5, 0.6) is 0 Å². The quantitative estimate of drug-likeness (QED) is 0.787. The Bertz CT molecular complexity index is 705. The lowest BCUT2D eigenvalue weighted by molar-refractivity contribution is 0.334. The Morgan fingerprint density at radius 1 is 1.37 bits per heavy atom. The SMILES string of the molecule is CN1CCc2c(Cl)ccc3oc(P(=O)(O)O)c(c23)C1. The van der Waals surface area contributed by atoms with E-state index in [0.29, 0.717) is 22.7 Å². The van der Waals surface area contributed by atoms with Crippen molar-refractivity contribution in [2.45, 2.75) is 13.0 Å². The Hall–Kier alpha value is -0.840. The highest BCUT2D eigenvalue weighted by atomic mass is 35.5. The molecule has 0 saturated heterocycles. The van der Waals surface area contributed by atoms with Gasteiger partial charge in [-0.2, -0.15) is 0 Å². The van der Waals surface area contributed by atoms with E-state index in [1.165, 1.54) is 0 Å². The molecular formula is C12H13ClNO4P. The molecule has 2 N–H and O–H groups in total. The van der Waals surface area contributed by atoms with E-state index in [0.717, 1.165) is 23.9 Å². The zero-order valence-corrected chi connectivity index (χ0v) is 11.9. The minimum atomic E-state index is -4.43. The standard InChI is InChI=1S/C12H13ClNO4P/c1-14-5-4-7-9(13)2-3-10-11(7)8(6-14)12(18-10)19(15,16)17/h2-3H,4-6H2,1H3,(H2,15,16,17). The van der Waals surface area contributed by atoms with E-state index in [9.17, 15) is 14.4 Å².